The van der Waals surface area contributed by atoms with Crippen LogP contribution in [0.5, 0.6) is 5.75 Å². The molecule has 0 aliphatic heterocycles. The molecular weight excluding hydrogens is 254 g/mol. The lowest BCUT2D eigenvalue weighted by Gasteiger charge is -2.09. The first-order valence-corrected chi connectivity index (χ1v) is 6.64. The van der Waals surface area contributed by atoms with Crippen molar-refractivity contribution < 1.29 is 14.6 Å². The van der Waals surface area contributed by atoms with Crippen molar-refractivity contribution in [3.63, 3.8) is 0 Å². The number of carbonyl (C=O) groups excluding carboxylic acids is 1. The third kappa shape index (κ3) is 4.94. The van der Waals surface area contributed by atoms with Crippen molar-refractivity contribution in [3.05, 3.63) is 29.3 Å². The van der Waals surface area contributed by atoms with Gasteiger partial charge in [-0.3, -0.25) is 4.79 Å². The van der Waals surface area contributed by atoms with Crippen LogP contribution < -0.4 is 10.1 Å². The van der Waals surface area contributed by atoms with Crippen molar-refractivity contribution >= 4 is 5.91 Å². The lowest BCUT2D eigenvalue weighted by atomic mass is 10.1. The molecule has 0 aliphatic carbocycles. The summed E-state index contributed by atoms with van der Waals surface area (Å²) < 4.78 is 5.21. The molecule has 20 heavy (non-hydrogen) atoms. The van der Waals surface area contributed by atoms with Crippen LogP contribution in [0.3, 0.4) is 0 Å². The molecule has 2 N–H and O–H groups in total. The summed E-state index contributed by atoms with van der Waals surface area (Å²) in [5.41, 5.74) is 1.21. The summed E-state index contributed by atoms with van der Waals surface area (Å²) in [7, 11) is 1.56. The number of carbonyl (C=O) groups is 1. The van der Waals surface area contributed by atoms with Crippen molar-refractivity contribution in [2.75, 3.05) is 20.3 Å². The monoisotopic (exact) mass is 275 g/mol. The van der Waals surface area contributed by atoms with Crippen LogP contribution in [0.4, 0.5) is 0 Å². The van der Waals surface area contributed by atoms with Gasteiger partial charge in [-0.25, -0.2) is 0 Å². The van der Waals surface area contributed by atoms with E-state index >= 15 is 0 Å². The quantitative estimate of drug-likeness (QED) is 0.806. The number of hydrogen-bond acceptors (Lipinski definition) is 3. The Morgan fingerprint density at radius 1 is 1.45 bits per heavy atom. The van der Waals surface area contributed by atoms with Crippen LogP contribution in [0.25, 0.3) is 0 Å². The van der Waals surface area contributed by atoms with Gasteiger partial charge in [-0.15, -0.1) is 0 Å². The molecular formula is C16H21NO3. The topological polar surface area (TPSA) is 58.6 Å². The SMILES string of the molecule is COc1ccc(C(=O)NCC(C)C)cc1C#CCCO. The van der Waals surface area contributed by atoms with Crippen LogP contribution in [0, 0.1) is 17.8 Å². The Morgan fingerprint density at radius 3 is 2.80 bits per heavy atom. The second kappa shape index (κ2) is 8.23. The summed E-state index contributed by atoms with van der Waals surface area (Å²) in [6.07, 6.45) is 0.396. The van der Waals surface area contributed by atoms with E-state index in [-0.39, 0.29) is 12.5 Å². The van der Waals surface area contributed by atoms with Gasteiger partial charge in [0.05, 0.1) is 19.3 Å². The molecule has 0 atom stereocenters. The molecule has 0 spiro atoms. The van der Waals surface area contributed by atoms with E-state index in [2.05, 4.69) is 17.2 Å². The zero-order valence-corrected chi connectivity index (χ0v) is 12.2. The number of rotatable bonds is 5. The molecule has 0 radical (unpaired) electrons. The number of nitrogens with one attached hydrogen (secondary N) is 1. The van der Waals surface area contributed by atoms with E-state index in [9.17, 15) is 4.79 Å². The Kier molecular flexibility index (Phi) is 6.61. The Balaban J connectivity index is 2.92. The Hall–Kier alpha value is -1.99. The first-order valence-electron chi connectivity index (χ1n) is 6.64. The molecule has 0 fully saturated rings. The van der Waals surface area contributed by atoms with Crippen LogP contribution in [-0.4, -0.2) is 31.3 Å². The van der Waals surface area contributed by atoms with Gasteiger partial charge in [0.15, 0.2) is 0 Å². The Bertz CT molecular complexity index is 512. The van der Waals surface area contributed by atoms with Crippen molar-refractivity contribution in [3.8, 4) is 17.6 Å². The number of aliphatic hydroxyl groups is 1. The number of amides is 1. The van der Waals surface area contributed by atoms with Crippen LogP contribution in [0.15, 0.2) is 18.2 Å². The summed E-state index contributed by atoms with van der Waals surface area (Å²) in [5, 5.41) is 11.6. The van der Waals surface area contributed by atoms with Gasteiger partial charge in [-0.2, -0.15) is 0 Å². The number of benzene rings is 1. The van der Waals surface area contributed by atoms with Crippen molar-refractivity contribution in [1.29, 1.82) is 0 Å². The second-order valence-corrected chi connectivity index (χ2v) is 4.79. The average molecular weight is 275 g/mol. The summed E-state index contributed by atoms with van der Waals surface area (Å²) >= 11 is 0. The van der Waals surface area contributed by atoms with E-state index in [0.29, 0.717) is 35.8 Å². The largest absolute Gasteiger partial charge is 0.495 e. The molecule has 0 aromatic heterocycles. The normalized spacial score (nSPS) is 9.85. The summed E-state index contributed by atoms with van der Waals surface area (Å²) in [5.74, 6) is 6.65. The van der Waals surface area contributed by atoms with Gasteiger partial charge in [-0.05, 0) is 24.1 Å². The summed E-state index contributed by atoms with van der Waals surface area (Å²) in [6.45, 7) is 4.74. The molecule has 0 unspecified atom stereocenters. The highest BCUT2D eigenvalue weighted by molar-refractivity contribution is 5.94. The Labute approximate surface area is 120 Å². The van der Waals surface area contributed by atoms with E-state index in [0.717, 1.165) is 0 Å². The zero-order chi connectivity index (χ0) is 15.0. The smallest absolute Gasteiger partial charge is 0.251 e. The molecule has 1 aromatic carbocycles. The standard InChI is InChI=1S/C16H21NO3/c1-12(2)11-17-16(19)14-7-8-15(20-3)13(10-14)6-4-5-9-18/h7-8,10,12,18H,5,9,11H2,1-3H3,(H,17,19). The van der Waals surface area contributed by atoms with E-state index in [1.165, 1.54) is 0 Å². The van der Waals surface area contributed by atoms with Crippen LogP contribution in [-0.2, 0) is 0 Å². The first kappa shape index (κ1) is 16.1. The van der Waals surface area contributed by atoms with E-state index in [4.69, 9.17) is 9.84 Å². The van der Waals surface area contributed by atoms with Gasteiger partial charge in [0, 0.05) is 18.5 Å². The molecule has 4 nitrogen and oxygen atoms in total. The van der Waals surface area contributed by atoms with E-state index in [1.54, 1.807) is 25.3 Å². The minimum absolute atomic E-state index is 0.0177. The second-order valence-electron chi connectivity index (χ2n) is 4.79. The van der Waals surface area contributed by atoms with Crippen molar-refractivity contribution in [1.82, 2.24) is 5.32 Å². The zero-order valence-electron chi connectivity index (χ0n) is 12.2. The van der Waals surface area contributed by atoms with E-state index < -0.39 is 0 Å². The Morgan fingerprint density at radius 2 is 2.20 bits per heavy atom. The van der Waals surface area contributed by atoms with Crippen molar-refractivity contribution in [2.24, 2.45) is 5.92 Å². The van der Waals surface area contributed by atoms with Gasteiger partial charge in [0.2, 0.25) is 0 Å². The van der Waals surface area contributed by atoms with E-state index in [1.807, 2.05) is 13.8 Å². The molecule has 108 valence electrons. The molecule has 0 bridgehead atoms. The summed E-state index contributed by atoms with van der Waals surface area (Å²) in [6, 6.07) is 5.15. The fraction of sp³-hybridized carbons (Fsp3) is 0.438. The molecule has 1 aromatic rings. The first-order chi connectivity index (χ1) is 9.58. The molecule has 4 heteroatoms. The molecule has 0 heterocycles. The number of hydrogen-bond donors (Lipinski definition) is 2. The minimum atomic E-state index is -0.119. The van der Waals surface area contributed by atoms with Crippen molar-refractivity contribution in [2.45, 2.75) is 20.3 Å². The lowest BCUT2D eigenvalue weighted by molar-refractivity contribution is 0.0949. The molecule has 1 amide bonds. The maximum atomic E-state index is 12.0. The molecule has 0 saturated carbocycles. The maximum Gasteiger partial charge on any atom is 0.251 e. The summed E-state index contributed by atoms with van der Waals surface area (Å²) in [4.78, 5) is 12.0. The number of aliphatic hydroxyl groups excluding tert-OH is 1. The highest BCUT2D eigenvalue weighted by atomic mass is 16.5. The third-order valence-corrected chi connectivity index (χ3v) is 2.59. The van der Waals surface area contributed by atoms with Crippen LogP contribution in [0.1, 0.15) is 36.2 Å². The van der Waals surface area contributed by atoms with Gasteiger partial charge in [0.1, 0.15) is 5.75 Å². The maximum absolute atomic E-state index is 12.0. The minimum Gasteiger partial charge on any atom is -0.495 e. The average Bonchev–Trinajstić information content (AvgIpc) is 2.44. The highest BCUT2D eigenvalue weighted by Gasteiger charge is 2.09. The highest BCUT2D eigenvalue weighted by Crippen LogP contribution is 2.19. The molecule has 0 aliphatic rings. The fourth-order valence-electron chi connectivity index (χ4n) is 1.56. The number of ether oxygens (including phenoxy) is 1. The van der Waals surface area contributed by atoms with Crippen LogP contribution >= 0.6 is 0 Å². The predicted molar refractivity (Wildman–Crippen MR) is 78.7 cm³/mol. The van der Waals surface area contributed by atoms with Gasteiger partial charge >= 0.3 is 0 Å². The van der Waals surface area contributed by atoms with Gasteiger partial charge in [0.25, 0.3) is 5.91 Å². The molecule has 0 saturated heterocycles. The predicted octanol–water partition coefficient (Wildman–Crippen LogP) is 1.81. The number of methoxy groups -OCH3 is 1. The van der Waals surface area contributed by atoms with Gasteiger partial charge < -0.3 is 15.2 Å². The lowest BCUT2D eigenvalue weighted by Crippen LogP contribution is -2.27. The van der Waals surface area contributed by atoms with Gasteiger partial charge in [-0.1, -0.05) is 25.7 Å². The fourth-order valence-corrected chi connectivity index (χ4v) is 1.56. The van der Waals surface area contributed by atoms with Crippen LogP contribution in [0.2, 0.25) is 0 Å². The molecule has 1 rings (SSSR count). The third-order valence-electron chi connectivity index (χ3n) is 2.59.